The summed E-state index contributed by atoms with van der Waals surface area (Å²) in [4.78, 5) is 1.37. The summed E-state index contributed by atoms with van der Waals surface area (Å²) in [6.07, 6.45) is 3.73. The van der Waals surface area contributed by atoms with Gasteiger partial charge in [-0.05, 0) is 37.9 Å². The fourth-order valence-corrected chi connectivity index (χ4v) is 2.99. The average molecular weight is 245 g/mol. The summed E-state index contributed by atoms with van der Waals surface area (Å²) in [5.74, 6) is 0. The normalized spacial score (nSPS) is 21.0. The molecule has 2 heterocycles. The van der Waals surface area contributed by atoms with Crippen LogP contribution in [-0.2, 0) is 6.42 Å². The van der Waals surface area contributed by atoms with E-state index in [2.05, 4.69) is 16.7 Å². The molecule has 84 valence electrons. The molecule has 0 bridgehead atoms. The Balaban J connectivity index is 1.58. The first kappa shape index (κ1) is 11.4. The molecule has 1 atom stereocenters. The molecule has 1 unspecified atom stereocenters. The lowest BCUT2D eigenvalue weighted by molar-refractivity contribution is 0.538. The number of hydrogen-bond acceptors (Lipinski definition) is 3. The van der Waals surface area contributed by atoms with Crippen molar-refractivity contribution < 1.29 is 0 Å². The Morgan fingerprint density at radius 3 is 3.13 bits per heavy atom. The van der Waals surface area contributed by atoms with Crippen molar-refractivity contribution in [2.24, 2.45) is 0 Å². The number of hydrogen-bond donors (Lipinski definition) is 2. The second kappa shape index (κ2) is 5.85. The lowest BCUT2D eigenvalue weighted by atomic mass is 10.2. The second-order valence-electron chi connectivity index (χ2n) is 3.95. The van der Waals surface area contributed by atoms with Crippen LogP contribution >= 0.6 is 22.9 Å². The maximum Gasteiger partial charge on any atom is 0.0931 e. The molecule has 0 saturated carbocycles. The molecule has 2 N–H and O–H groups in total. The van der Waals surface area contributed by atoms with Crippen LogP contribution in [0.2, 0.25) is 4.34 Å². The van der Waals surface area contributed by atoms with Gasteiger partial charge in [-0.25, -0.2) is 0 Å². The highest BCUT2D eigenvalue weighted by Crippen LogP contribution is 2.21. The van der Waals surface area contributed by atoms with Crippen LogP contribution in [0.1, 0.15) is 17.7 Å². The van der Waals surface area contributed by atoms with Crippen LogP contribution in [0.5, 0.6) is 0 Å². The first-order valence-electron chi connectivity index (χ1n) is 5.53. The monoisotopic (exact) mass is 244 g/mol. The van der Waals surface area contributed by atoms with E-state index >= 15 is 0 Å². The van der Waals surface area contributed by atoms with Crippen LogP contribution in [0.25, 0.3) is 0 Å². The zero-order chi connectivity index (χ0) is 10.5. The fourth-order valence-electron chi connectivity index (χ4n) is 1.90. The lowest BCUT2D eigenvalue weighted by Gasteiger charge is -2.10. The molecule has 0 spiro atoms. The second-order valence-corrected chi connectivity index (χ2v) is 5.75. The van der Waals surface area contributed by atoms with Crippen molar-refractivity contribution in [3.63, 3.8) is 0 Å². The van der Waals surface area contributed by atoms with Crippen molar-refractivity contribution in [1.29, 1.82) is 0 Å². The summed E-state index contributed by atoms with van der Waals surface area (Å²) in [7, 11) is 0. The van der Waals surface area contributed by atoms with E-state index < -0.39 is 0 Å². The molecular weight excluding hydrogens is 228 g/mol. The highest BCUT2D eigenvalue weighted by atomic mass is 35.5. The van der Waals surface area contributed by atoms with Crippen LogP contribution < -0.4 is 10.6 Å². The minimum absolute atomic E-state index is 0.692. The van der Waals surface area contributed by atoms with Gasteiger partial charge in [0.2, 0.25) is 0 Å². The Morgan fingerprint density at radius 1 is 1.53 bits per heavy atom. The molecule has 1 aromatic heterocycles. The van der Waals surface area contributed by atoms with E-state index in [-0.39, 0.29) is 0 Å². The van der Waals surface area contributed by atoms with E-state index in [4.69, 9.17) is 11.6 Å². The van der Waals surface area contributed by atoms with Gasteiger partial charge in [-0.15, -0.1) is 11.3 Å². The largest absolute Gasteiger partial charge is 0.315 e. The molecule has 1 saturated heterocycles. The standard InChI is InChI=1S/C11H17ClN2S/c12-11-4-3-10(15-11)5-7-13-8-9-2-1-6-14-9/h3-4,9,13-14H,1-2,5-8H2. The molecule has 1 aromatic rings. The predicted octanol–water partition coefficient (Wildman–Crippen LogP) is 2.29. The molecule has 15 heavy (non-hydrogen) atoms. The van der Waals surface area contributed by atoms with Gasteiger partial charge < -0.3 is 10.6 Å². The maximum absolute atomic E-state index is 5.86. The molecule has 1 aliphatic rings. The van der Waals surface area contributed by atoms with Crippen LogP contribution in [0.15, 0.2) is 12.1 Å². The van der Waals surface area contributed by atoms with Crippen LogP contribution in [-0.4, -0.2) is 25.7 Å². The summed E-state index contributed by atoms with van der Waals surface area (Å²) < 4.78 is 0.891. The van der Waals surface area contributed by atoms with Crippen molar-refractivity contribution in [3.05, 3.63) is 21.3 Å². The molecule has 4 heteroatoms. The van der Waals surface area contributed by atoms with Gasteiger partial charge in [0.15, 0.2) is 0 Å². The third kappa shape index (κ3) is 3.76. The first-order chi connectivity index (χ1) is 7.34. The summed E-state index contributed by atoms with van der Waals surface area (Å²) in [6, 6.07) is 4.78. The minimum atomic E-state index is 0.692. The molecular formula is C11H17ClN2S. The van der Waals surface area contributed by atoms with E-state index in [1.807, 2.05) is 6.07 Å². The molecule has 2 nitrogen and oxygen atoms in total. The highest BCUT2D eigenvalue weighted by molar-refractivity contribution is 7.16. The zero-order valence-electron chi connectivity index (χ0n) is 8.76. The quantitative estimate of drug-likeness (QED) is 0.777. The molecule has 0 radical (unpaired) electrons. The smallest absolute Gasteiger partial charge is 0.0931 e. The SMILES string of the molecule is Clc1ccc(CCNCC2CCCN2)s1. The first-order valence-corrected chi connectivity index (χ1v) is 6.72. The summed E-state index contributed by atoms with van der Waals surface area (Å²) in [5.41, 5.74) is 0. The molecule has 2 rings (SSSR count). The Bertz CT molecular complexity index is 295. The molecule has 0 aromatic carbocycles. The molecule has 1 aliphatic heterocycles. The Hall–Kier alpha value is -0.0900. The minimum Gasteiger partial charge on any atom is -0.315 e. The van der Waals surface area contributed by atoms with Gasteiger partial charge in [0.25, 0.3) is 0 Å². The zero-order valence-corrected chi connectivity index (χ0v) is 10.3. The van der Waals surface area contributed by atoms with Gasteiger partial charge >= 0.3 is 0 Å². The Kier molecular flexibility index (Phi) is 4.44. The predicted molar refractivity (Wildman–Crippen MR) is 66.9 cm³/mol. The third-order valence-electron chi connectivity index (χ3n) is 2.73. The van der Waals surface area contributed by atoms with Crippen molar-refractivity contribution in [1.82, 2.24) is 10.6 Å². The Morgan fingerprint density at radius 2 is 2.47 bits per heavy atom. The van der Waals surface area contributed by atoms with Gasteiger partial charge in [-0.3, -0.25) is 0 Å². The topological polar surface area (TPSA) is 24.1 Å². The van der Waals surface area contributed by atoms with Gasteiger partial charge in [-0.1, -0.05) is 11.6 Å². The van der Waals surface area contributed by atoms with Crippen molar-refractivity contribution in [2.75, 3.05) is 19.6 Å². The van der Waals surface area contributed by atoms with Crippen LogP contribution in [0.4, 0.5) is 0 Å². The molecule has 1 fully saturated rings. The van der Waals surface area contributed by atoms with Gasteiger partial charge in [0, 0.05) is 24.0 Å². The highest BCUT2D eigenvalue weighted by Gasteiger charge is 2.12. The van der Waals surface area contributed by atoms with E-state index in [1.54, 1.807) is 11.3 Å². The number of nitrogens with one attached hydrogen (secondary N) is 2. The summed E-state index contributed by atoms with van der Waals surface area (Å²) in [5, 5.41) is 6.96. The number of halogens is 1. The van der Waals surface area contributed by atoms with Crippen molar-refractivity contribution in [3.8, 4) is 0 Å². The third-order valence-corrected chi connectivity index (χ3v) is 4.02. The summed E-state index contributed by atoms with van der Waals surface area (Å²) in [6.45, 7) is 3.33. The lowest BCUT2D eigenvalue weighted by Crippen LogP contribution is -2.34. The maximum atomic E-state index is 5.86. The molecule has 0 amide bonds. The number of thiophene rings is 1. The van der Waals surface area contributed by atoms with Crippen molar-refractivity contribution >= 4 is 22.9 Å². The average Bonchev–Trinajstić information content (AvgIpc) is 2.84. The van der Waals surface area contributed by atoms with Gasteiger partial charge in [0.1, 0.15) is 0 Å². The van der Waals surface area contributed by atoms with E-state index in [0.717, 1.165) is 23.8 Å². The Labute approximate surface area is 100 Å². The van der Waals surface area contributed by atoms with Crippen LogP contribution in [0, 0.1) is 0 Å². The van der Waals surface area contributed by atoms with Crippen LogP contribution in [0.3, 0.4) is 0 Å². The van der Waals surface area contributed by atoms with Crippen molar-refractivity contribution in [2.45, 2.75) is 25.3 Å². The fraction of sp³-hybridized carbons (Fsp3) is 0.636. The van der Waals surface area contributed by atoms with Gasteiger partial charge in [0.05, 0.1) is 4.34 Å². The van der Waals surface area contributed by atoms with E-state index in [9.17, 15) is 0 Å². The van der Waals surface area contributed by atoms with Gasteiger partial charge in [-0.2, -0.15) is 0 Å². The van der Waals surface area contributed by atoms with E-state index in [1.165, 1.54) is 24.3 Å². The van der Waals surface area contributed by atoms with E-state index in [0.29, 0.717) is 6.04 Å². The molecule has 0 aliphatic carbocycles. The number of rotatable bonds is 5. The summed E-state index contributed by atoms with van der Waals surface area (Å²) >= 11 is 7.55.